The molecule has 8 heteroatoms. The molecule has 0 unspecified atom stereocenters. The summed E-state index contributed by atoms with van der Waals surface area (Å²) in [5.74, 6) is 6.37. The molecule has 0 heterocycles. The molecule has 0 atom stereocenters. The highest BCUT2D eigenvalue weighted by molar-refractivity contribution is 6.04. The van der Waals surface area contributed by atoms with Crippen molar-refractivity contribution in [3.63, 3.8) is 0 Å². The number of fused-ring (bicyclic) bond motifs is 8. The number of para-hydroxylation sites is 2. The summed E-state index contributed by atoms with van der Waals surface area (Å²) in [5, 5.41) is 5.78. The van der Waals surface area contributed by atoms with Gasteiger partial charge in [-0.1, -0.05) is 64.1 Å². The van der Waals surface area contributed by atoms with Gasteiger partial charge in [0.05, 0.1) is 26.4 Å². The smallest absolute Gasteiger partial charge is 0.300 e. The molecule has 0 fully saturated rings. The van der Waals surface area contributed by atoms with Crippen molar-refractivity contribution in [1.29, 1.82) is 0 Å². The van der Waals surface area contributed by atoms with Gasteiger partial charge in [0.15, 0.2) is 0 Å². The van der Waals surface area contributed by atoms with Crippen molar-refractivity contribution in [2.45, 2.75) is 79.1 Å². The number of benzene rings is 4. The lowest BCUT2D eigenvalue weighted by Crippen LogP contribution is -2.13. The van der Waals surface area contributed by atoms with Crippen LogP contribution >= 0.6 is 0 Å². The van der Waals surface area contributed by atoms with E-state index in [2.05, 4.69) is 74.4 Å². The summed E-state index contributed by atoms with van der Waals surface area (Å²) in [6.45, 7) is 10.4. The maximum absolute atomic E-state index is 12.5. The summed E-state index contributed by atoms with van der Waals surface area (Å²) in [4.78, 5) is 25.1. The molecule has 2 amide bonds. The molecule has 4 aromatic rings. The first kappa shape index (κ1) is 39.3. The van der Waals surface area contributed by atoms with Gasteiger partial charge >= 0.3 is 0 Å². The lowest BCUT2D eigenvalue weighted by Gasteiger charge is -2.24. The van der Waals surface area contributed by atoms with Gasteiger partial charge in [0.25, 0.3) is 11.8 Å². The standard InChI is InChI=1S/C46H50N2O6/c1-7-19-51-43-31-15-13-16-32(43)24-36-28-40(48-42(50)12-6)30-38(46(36)54-22-10-4)26-34-18-14-17-33(44(34)52-20-8-2)25-37-29-39(47-41(49)11-5)27-35(23-31)45(37)53-21-9-3/h5-6,13-18,27-30H,7-10,19-26H2,1-4H3,(H,47,49)(H,48,50). The van der Waals surface area contributed by atoms with E-state index in [9.17, 15) is 9.59 Å². The Balaban J connectivity index is 1.85. The first-order valence-corrected chi connectivity index (χ1v) is 18.9. The monoisotopic (exact) mass is 726 g/mol. The van der Waals surface area contributed by atoms with E-state index >= 15 is 0 Å². The van der Waals surface area contributed by atoms with Gasteiger partial charge in [-0.15, -0.1) is 12.8 Å². The van der Waals surface area contributed by atoms with Crippen LogP contribution in [0.3, 0.4) is 0 Å². The first-order valence-electron chi connectivity index (χ1n) is 18.9. The van der Waals surface area contributed by atoms with Crippen LogP contribution in [0.1, 0.15) is 97.9 Å². The molecular weight excluding hydrogens is 677 g/mol. The molecular formula is C46H50N2O6. The molecule has 2 N–H and O–H groups in total. The maximum Gasteiger partial charge on any atom is 0.300 e. The van der Waals surface area contributed by atoms with Gasteiger partial charge in [0, 0.05) is 59.3 Å². The third-order valence-corrected chi connectivity index (χ3v) is 8.95. The van der Waals surface area contributed by atoms with Gasteiger partial charge in [-0.2, -0.15) is 0 Å². The van der Waals surface area contributed by atoms with Crippen LogP contribution in [0.4, 0.5) is 11.4 Å². The van der Waals surface area contributed by atoms with Crippen molar-refractivity contribution in [3.05, 3.63) is 105 Å². The van der Waals surface area contributed by atoms with Crippen molar-refractivity contribution in [3.8, 4) is 47.7 Å². The number of ether oxygens (including phenoxy) is 4. The van der Waals surface area contributed by atoms with E-state index < -0.39 is 11.8 Å². The Bertz CT molecular complexity index is 1820. The molecule has 0 saturated heterocycles. The molecule has 0 spiro atoms. The molecule has 0 aliphatic heterocycles. The summed E-state index contributed by atoms with van der Waals surface area (Å²) < 4.78 is 26.3. The predicted octanol–water partition coefficient (Wildman–Crippen LogP) is 8.66. The first-order chi connectivity index (χ1) is 26.3. The lowest BCUT2D eigenvalue weighted by molar-refractivity contribution is -0.112. The number of rotatable bonds is 14. The van der Waals surface area contributed by atoms with Crippen LogP contribution in [0.5, 0.6) is 23.0 Å². The van der Waals surface area contributed by atoms with Crippen LogP contribution in [0.25, 0.3) is 0 Å². The third-order valence-electron chi connectivity index (χ3n) is 8.95. The van der Waals surface area contributed by atoms with Crippen LogP contribution in [0.2, 0.25) is 0 Å². The summed E-state index contributed by atoms with van der Waals surface area (Å²) >= 11 is 0. The summed E-state index contributed by atoms with van der Waals surface area (Å²) in [6, 6.07) is 20.1. The molecule has 0 aromatic heterocycles. The number of anilines is 2. The Hall–Kier alpha value is -5.86. The lowest BCUT2D eigenvalue weighted by atomic mass is 9.90. The van der Waals surface area contributed by atoms with Gasteiger partial charge < -0.3 is 29.6 Å². The van der Waals surface area contributed by atoms with Gasteiger partial charge in [-0.3, -0.25) is 9.59 Å². The molecule has 8 nitrogen and oxygen atoms in total. The van der Waals surface area contributed by atoms with E-state index in [4.69, 9.17) is 31.8 Å². The Morgan fingerprint density at radius 3 is 1.00 bits per heavy atom. The largest absolute Gasteiger partial charge is 0.493 e. The van der Waals surface area contributed by atoms with Gasteiger partial charge in [0.2, 0.25) is 0 Å². The Labute approximate surface area is 320 Å². The Morgan fingerprint density at radius 2 is 0.759 bits per heavy atom. The van der Waals surface area contributed by atoms with Crippen molar-refractivity contribution in [2.75, 3.05) is 37.1 Å². The van der Waals surface area contributed by atoms with Crippen molar-refractivity contribution < 1.29 is 28.5 Å². The number of hydrogen-bond acceptors (Lipinski definition) is 6. The quantitative estimate of drug-likeness (QED) is 0.111. The molecule has 5 rings (SSSR count). The highest BCUT2D eigenvalue weighted by Gasteiger charge is 2.23. The van der Waals surface area contributed by atoms with Gasteiger partial charge in [-0.25, -0.2) is 0 Å². The average Bonchev–Trinajstić information content (AvgIpc) is 3.16. The van der Waals surface area contributed by atoms with Crippen molar-refractivity contribution in [2.24, 2.45) is 0 Å². The molecule has 280 valence electrons. The van der Waals surface area contributed by atoms with Gasteiger partial charge in [0.1, 0.15) is 23.0 Å². The summed E-state index contributed by atoms with van der Waals surface area (Å²) in [6.07, 6.45) is 16.1. The molecule has 1 aliphatic carbocycles. The minimum Gasteiger partial charge on any atom is -0.493 e. The number of nitrogens with one attached hydrogen (secondary N) is 2. The summed E-state index contributed by atoms with van der Waals surface area (Å²) in [5.41, 5.74) is 8.57. The molecule has 8 bridgehead atoms. The minimum atomic E-state index is -0.528. The highest BCUT2D eigenvalue weighted by Crippen LogP contribution is 2.41. The number of amides is 2. The molecule has 0 saturated carbocycles. The van der Waals surface area contributed by atoms with E-state index in [1.165, 1.54) is 0 Å². The fourth-order valence-electron chi connectivity index (χ4n) is 6.72. The van der Waals surface area contributed by atoms with Crippen LogP contribution in [-0.4, -0.2) is 38.2 Å². The Morgan fingerprint density at radius 1 is 0.500 bits per heavy atom. The van der Waals surface area contributed by atoms with Crippen molar-refractivity contribution in [1.82, 2.24) is 0 Å². The molecule has 4 aromatic carbocycles. The zero-order valence-corrected chi connectivity index (χ0v) is 31.9. The minimum absolute atomic E-state index is 0.459. The van der Waals surface area contributed by atoms with Crippen LogP contribution < -0.4 is 29.6 Å². The molecule has 1 aliphatic rings. The molecule has 0 radical (unpaired) electrons. The van der Waals surface area contributed by atoms with Gasteiger partial charge in [-0.05, 0) is 84.0 Å². The third kappa shape index (κ3) is 9.76. The summed E-state index contributed by atoms with van der Waals surface area (Å²) in [7, 11) is 0. The second kappa shape index (κ2) is 19.3. The number of carbonyl (C=O) groups excluding carboxylic acids is 2. The SMILES string of the molecule is C#CC(=O)Nc1cc2c(OCCC)c(c1)Cc1cccc(c1OCCC)Cc1cc(NC(=O)C#C)cc(c1OCCC)Cc1cccc(c1OCCC)C2. The van der Waals surface area contributed by atoms with E-state index in [1.807, 2.05) is 36.4 Å². The van der Waals surface area contributed by atoms with Crippen molar-refractivity contribution >= 4 is 23.2 Å². The predicted molar refractivity (Wildman–Crippen MR) is 215 cm³/mol. The number of terminal acetylenes is 2. The van der Waals surface area contributed by atoms with E-state index in [0.717, 1.165) is 93.2 Å². The zero-order chi connectivity index (χ0) is 38.5. The average molecular weight is 727 g/mol. The molecule has 54 heavy (non-hydrogen) atoms. The normalized spacial score (nSPS) is 11.7. The second-order valence-corrected chi connectivity index (χ2v) is 13.4. The highest BCUT2D eigenvalue weighted by atomic mass is 16.5. The number of hydrogen-bond donors (Lipinski definition) is 2. The van der Waals surface area contributed by atoms with E-state index in [0.29, 0.717) is 63.5 Å². The number of carbonyl (C=O) groups is 2. The van der Waals surface area contributed by atoms with Crippen LogP contribution in [0, 0.1) is 24.7 Å². The van der Waals surface area contributed by atoms with Crippen LogP contribution in [-0.2, 0) is 35.3 Å². The Kier molecular flexibility index (Phi) is 14.1. The van der Waals surface area contributed by atoms with E-state index in [1.54, 1.807) is 0 Å². The second-order valence-electron chi connectivity index (χ2n) is 13.4. The topological polar surface area (TPSA) is 95.1 Å². The van der Waals surface area contributed by atoms with Crippen LogP contribution in [0.15, 0.2) is 60.7 Å². The fraction of sp³-hybridized carbons (Fsp3) is 0.348. The van der Waals surface area contributed by atoms with E-state index in [-0.39, 0.29) is 0 Å². The zero-order valence-electron chi connectivity index (χ0n) is 31.9. The maximum atomic E-state index is 12.5. The fourth-order valence-corrected chi connectivity index (χ4v) is 6.72.